The lowest BCUT2D eigenvalue weighted by Gasteiger charge is -2.36. The third-order valence-electron chi connectivity index (χ3n) is 4.58. The number of nitrogens with one attached hydrogen (secondary N) is 2. The molecule has 0 saturated carbocycles. The van der Waals surface area contributed by atoms with Crippen LogP contribution in [0.25, 0.3) is 10.4 Å². The zero-order valence-electron chi connectivity index (χ0n) is 13.7. The van der Waals surface area contributed by atoms with Crippen molar-refractivity contribution < 1.29 is 4.79 Å². The molecule has 1 aromatic carbocycles. The molecule has 4 rings (SSSR count). The maximum Gasteiger partial charge on any atom is 0.254 e. The first-order valence-electron chi connectivity index (χ1n) is 8.31. The van der Waals surface area contributed by atoms with Gasteiger partial charge < -0.3 is 5.32 Å². The van der Waals surface area contributed by atoms with Gasteiger partial charge >= 0.3 is 0 Å². The molecule has 0 aliphatic carbocycles. The second-order valence-corrected chi connectivity index (χ2v) is 7.11. The van der Waals surface area contributed by atoms with Crippen molar-refractivity contribution in [1.82, 2.24) is 20.1 Å². The maximum absolute atomic E-state index is 13.1. The number of anilines is 1. The van der Waals surface area contributed by atoms with Gasteiger partial charge in [0.2, 0.25) is 0 Å². The van der Waals surface area contributed by atoms with Gasteiger partial charge in [0, 0.05) is 18.6 Å². The summed E-state index contributed by atoms with van der Waals surface area (Å²) < 4.78 is 1.79. The van der Waals surface area contributed by atoms with Gasteiger partial charge in [0.15, 0.2) is 5.13 Å². The first-order valence-corrected chi connectivity index (χ1v) is 9.13. The fourth-order valence-electron chi connectivity index (χ4n) is 3.20. The minimum atomic E-state index is -0.659. The lowest BCUT2D eigenvalue weighted by atomic mass is 9.87. The molecule has 0 bridgehead atoms. The quantitative estimate of drug-likeness (QED) is 0.756. The van der Waals surface area contributed by atoms with Gasteiger partial charge in [0.25, 0.3) is 5.91 Å². The first kappa shape index (κ1) is 16.0. The molecule has 1 amide bonds. The number of carbonyl (C=O) groups excluding carboxylic acids is 1. The Bertz CT molecular complexity index is 838. The van der Waals surface area contributed by atoms with E-state index in [1.54, 1.807) is 17.1 Å². The van der Waals surface area contributed by atoms with Crippen LogP contribution < -0.4 is 10.6 Å². The molecule has 3 heterocycles. The molecule has 0 unspecified atom stereocenters. The third-order valence-corrected chi connectivity index (χ3v) is 5.54. The van der Waals surface area contributed by atoms with Crippen molar-refractivity contribution in [2.24, 2.45) is 0 Å². The molecule has 0 atom stereocenters. The Morgan fingerprint density at radius 1 is 1.20 bits per heavy atom. The van der Waals surface area contributed by atoms with Crippen molar-refractivity contribution in [2.75, 3.05) is 18.4 Å². The van der Waals surface area contributed by atoms with Crippen molar-refractivity contribution >= 4 is 22.4 Å². The minimum absolute atomic E-state index is 0.0494. The Balaban J connectivity index is 1.57. The molecule has 1 aliphatic rings. The van der Waals surface area contributed by atoms with E-state index >= 15 is 0 Å². The molecule has 2 N–H and O–H groups in total. The van der Waals surface area contributed by atoms with E-state index in [0.29, 0.717) is 18.0 Å². The summed E-state index contributed by atoms with van der Waals surface area (Å²) in [5.41, 5.74) is 0.442. The Morgan fingerprint density at radius 3 is 2.72 bits per heavy atom. The van der Waals surface area contributed by atoms with Gasteiger partial charge in [-0.05, 0) is 37.6 Å². The molecule has 7 heteroatoms. The molecule has 1 aliphatic heterocycles. The van der Waals surface area contributed by atoms with E-state index in [-0.39, 0.29) is 5.91 Å². The molecular formula is C18H19N5OS. The predicted molar refractivity (Wildman–Crippen MR) is 98.5 cm³/mol. The average molecular weight is 353 g/mol. The molecule has 128 valence electrons. The van der Waals surface area contributed by atoms with Gasteiger partial charge in [0.05, 0.1) is 4.88 Å². The number of hydrogen-bond acceptors (Lipinski definition) is 5. The van der Waals surface area contributed by atoms with Crippen molar-refractivity contribution in [3.63, 3.8) is 0 Å². The van der Waals surface area contributed by atoms with Crippen molar-refractivity contribution in [2.45, 2.75) is 18.4 Å². The summed E-state index contributed by atoms with van der Waals surface area (Å²) >= 11 is 1.49. The third kappa shape index (κ3) is 3.08. The number of amides is 1. The summed E-state index contributed by atoms with van der Waals surface area (Å²) in [7, 11) is 0. The summed E-state index contributed by atoms with van der Waals surface area (Å²) in [5.74, 6) is -0.0494. The van der Waals surface area contributed by atoms with Crippen LogP contribution in [0.5, 0.6) is 0 Å². The van der Waals surface area contributed by atoms with Crippen LogP contribution >= 0.6 is 11.3 Å². The topological polar surface area (TPSA) is 71.8 Å². The molecule has 6 nitrogen and oxygen atoms in total. The molecular weight excluding hydrogens is 334 g/mol. The summed E-state index contributed by atoms with van der Waals surface area (Å²) in [4.78, 5) is 18.5. The van der Waals surface area contributed by atoms with Crippen LogP contribution in [0, 0.1) is 0 Å². The number of benzene rings is 1. The van der Waals surface area contributed by atoms with Crippen LogP contribution in [-0.2, 0) is 10.3 Å². The predicted octanol–water partition coefficient (Wildman–Crippen LogP) is 2.72. The van der Waals surface area contributed by atoms with Gasteiger partial charge in [-0.2, -0.15) is 5.10 Å². The molecule has 1 saturated heterocycles. The van der Waals surface area contributed by atoms with Crippen LogP contribution in [0.1, 0.15) is 12.8 Å². The molecule has 2 aromatic heterocycles. The molecule has 1 fully saturated rings. The maximum atomic E-state index is 13.1. The monoisotopic (exact) mass is 353 g/mol. The van der Waals surface area contributed by atoms with E-state index in [4.69, 9.17) is 0 Å². The Labute approximate surface area is 149 Å². The Kier molecular flexibility index (Phi) is 4.33. The highest BCUT2D eigenvalue weighted by molar-refractivity contribution is 7.19. The number of aromatic nitrogens is 3. The highest BCUT2D eigenvalue weighted by Gasteiger charge is 2.42. The molecule has 0 radical (unpaired) electrons. The van der Waals surface area contributed by atoms with Crippen LogP contribution in [0.4, 0.5) is 5.13 Å². The fraction of sp³-hybridized carbons (Fsp3) is 0.278. The number of thiazole rings is 1. The summed E-state index contributed by atoms with van der Waals surface area (Å²) in [6, 6.07) is 11.9. The van der Waals surface area contributed by atoms with Crippen LogP contribution in [0.2, 0.25) is 0 Å². The number of hydrogen-bond donors (Lipinski definition) is 2. The highest BCUT2D eigenvalue weighted by atomic mass is 32.1. The second-order valence-electron chi connectivity index (χ2n) is 6.08. The van der Waals surface area contributed by atoms with Crippen LogP contribution in [0.15, 0.2) is 55.0 Å². The summed E-state index contributed by atoms with van der Waals surface area (Å²) in [5, 5.41) is 11.3. The number of rotatable bonds is 4. The average Bonchev–Trinajstić information content (AvgIpc) is 3.35. The smallest absolute Gasteiger partial charge is 0.254 e. The van der Waals surface area contributed by atoms with E-state index in [1.807, 2.05) is 42.6 Å². The van der Waals surface area contributed by atoms with Crippen molar-refractivity contribution in [3.05, 3.63) is 55.0 Å². The zero-order valence-corrected chi connectivity index (χ0v) is 14.5. The fourth-order valence-corrected chi connectivity index (χ4v) is 4.02. The minimum Gasteiger partial charge on any atom is -0.317 e. The van der Waals surface area contributed by atoms with Gasteiger partial charge in [-0.25, -0.2) is 4.98 Å². The van der Waals surface area contributed by atoms with Gasteiger partial charge in [-0.3, -0.25) is 14.8 Å². The van der Waals surface area contributed by atoms with Gasteiger partial charge in [-0.15, -0.1) is 0 Å². The van der Waals surface area contributed by atoms with E-state index in [2.05, 4.69) is 20.7 Å². The van der Waals surface area contributed by atoms with E-state index in [0.717, 1.165) is 23.5 Å². The lowest BCUT2D eigenvalue weighted by Crippen LogP contribution is -2.52. The molecule has 3 aromatic rings. The van der Waals surface area contributed by atoms with E-state index in [1.165, 1.54) is 11.3 Å². The van der Waals surface area contributed by atoms with E-state index < -0.39 is 5.54 Å². The SMILES string of the molecule is O=C(Nc1ncc(-c2ccccc2)s1)C1(n2cccn2)CCNCC1. The largest absolute Gasteiger partial charge is 0.317 e. The second kappa shape index (κ2) is 6.78. The number of carbonyl (C=O) groups is 1. The first-order chi connectivity index (χ1) is 12.3. The summed E-state index contributed by atoms with van der Waals surface area (Å²) in [6.45, 7) is 1.58. The van der Waals surface area contributed by atoms with Gasteiger partial charge in [-0.1, -0.05) is 41.7 Å². The number of nitrogens with zero attached hydrogens (tertiary/aromatic N) is 3. The van der Waals surface area contributed by atoms with Gasteiger partial charge in [0.1, 0.15) is 5.54 Å². The van der Waals surface area contributed by atoms with E-state index in [9.17, 15) is 4.79 Å². The molecule has 0 spiro atoms. The normalized spacial score (nSPS) is 16.5. The van der Waals surface area contributed by atoms with Crippen molar-refractivity contribution in [3.8, 4) is 10.4 Å². The lowest BCUT2D eigenvalue weighted by molar-refractivity contribution is -0.126. The van der Waals surface area contributed by atoms with Crippen LogP contribution in [0.3, 0.4) is 0 Å². The zero-order chi connectivity index (χ0) is 17.1. The standard InChI is InChI=1S/C18H19N5OS/c24-16(18(7-10-19-11-8-18)23-12-4-9-21-23)22-17-20-13-15(25-17)14-5-2-1-3-6-14/h1-6,9,12-13,19H,7-8,10-11H2,(H,20,22,24). The van der Waals surface area contributed by atoms with Crippen molar-refractivity contribution in [1.29, 1.82) is 0 Å². The Hall–Kier alpha value is -2.51. The molecule has 25 heavy (non-hydrogen) atoms. The van der Waals surface area contributed by atoms with Crippen LogP contribution in [-0.4, -0.2) is 33.8 Å². The number of piperidine rings is 1. The Morgan fingerprint density at radius 2 is 2.00 bits per heavy atom. The highest BCUT2D eigenvalue weighted by Crippen LogP contribution is 2.32. The summed E-state index contributed by atoms with van der Waals surface area (Å²) in [6.07, 6.45) is 6.80.